The van der Waals surface area contributed by atoms with Crippen LogP contribution in [-0.4, -0.2) is 38.9 Å². The summed E-state index contributed by atoms with van der Waals surface area (Å²) in [6.07, 6.45) is 1.73. The molecule has 2 rings (SSSR count). The van der Waals surface area contributed by atoms with Crippen molar-refractivity contribution >= 4 is 53.1 Å². The van der Waals surface area contributed by atoms with E-state index in [0.717, 1.165) is 30.5 Å². The standard InChI is InChI=1S/C20H25Cl2N3O3.HI/c1-23-20(24-8-4-5-14-6-7-15(21)11-16(14)22)25-12-13-9-17(27-2)19(26)18(10-13)28-3;/h6-7,9-11,26H,4-5,8,12H2,1-3H3,(H2,23,24,25);1H. The zero-order chi connectivity index (χ0) is 20.5. The minimum Gasteiger partial charge on any atom is -0.502 e. The van der Waals surface area contributed by atoms with Crippen molar-refractivity contribution in [2.45, 2.75) is 19.4 Å². The molecule has 2 aromatic rings. The van der Waals surface area contributed by atoms with E-state index < -0.39 is 0 Å². The maximum absolute atomic E-state index is 9.99. The summed E-state index contributed by atoms with van der Waals surface area (Å²) in [5.74, 6) is 1.38. The number of nitrogens with one attached hydrogen (secondary N) is 2. The van der Waals surface area contributed by atoms with Gasteiger partial charge >= 0.3 is 0 Å². The Hall–Kier alpha value is -1.58. The zero-order valence-electron chi connectivity index (χ0n) is 16.6. The molecule has 0 amide bonds. The van der Waals surface area contributed by atoms with E-state index >= 15 is 0 Å². The van der Waals surface area contributed by atoms with Gasteiger partial charge in [0.1, 0.15) is 0 Å². The molecule has 0 saturated heterocycles. The van der Waals surface area contributed by atoms with Crippen LogP contribution in [-0.2, 0) is 13.0 Å². The normalized spacial score (nSPS) is 10.9. The van der Waals surface area contributed by atoms with Crippen molar-refractivity contribution in [3.63, 3.8) is 0 Å². The molecule has 160 valence electrons. The lowest BCUT2D eigenvalue weighted by Crippen LogP contribution is -2.37. The van der Waals surface area contributed by atoms with E-state index in [1.165, 1.54) is 14.2 Å². The molecule has 0 radical (unpaired) electrons. The fourth-order valence-electron chi connectivity index (χ4n) is 2.67. The van der Waals surface area contributed by atoms with Gasteiger partial charge in [-0.2, -0.15) is 0 Å². The number of hydrogen-bond acceptors (Lipinski definition) is 4. The maximum Gasteiger partial charge on any atom is 0.200 e. The lowest BCUT2D eigenvalue weighted by atomic mass is 10.1. The summed E-state index contributed by atoms with van der Waals surface area (Å²) in [5, 5.41) is 17.8. The van der Waals surface area contributed by atoms with Gasteiger partial charge in [0, 0.05) is 30.2 Å². The predicted molar refractivity (Wildman–Crippen MR) is 130 cm³/mol. The first-order valence-corrected chi connectivity index (χ1v) is 9.56. The molecular weight excluding hydrogens is 528 g/mol. The second-order valence-electron chi connectivity index (χ2n) is 6.04. The quantitative estimate of drug-likeness (QED) is 0.192. The van der Waals surface area contributed by atoms with E-state index in [1.807, 2.05) is 12.1 Å². The molecule has 0 unspecified atom stereocenters. The minimum absolute atomic E-state index is 0. The minimum atomic E-state index is -0.0166. The molecule has 0 spiro atoms. The highest BCUT2D eigenvalue weighted by Crippen LogP contribution is 2.37. The lowest BCUT2D eigenvalue weighted by Gasteiger charge is -2.14. The van der Waals surface area contributed by atoms with Crippen molar-refractivity contribution in [1.82, 2.24) is 10.6 Å². The summed E-state index contributed by atoms with van der Waals surface area (Å²) < 4.78 is 10.4. The number of nitrogens with zero attached hydrogens (tertiary/aromatic N) is 1. The first-order chi connectivity index (χ1) is 13.5. The highest BCUT2D eigenvalue weighted by atomic mass is 127. The molecule has 0 aliphatic heterocycles. The number of rotatable bonds is 8. The summed E-state index contributed by atoms with van der Waals surface area (Å²) in [4.78, 5) is 4.22. The smallest absolute Gasteiger partial charge is 0.200 e. The Morgan fingerprint density at radius 2 is 1.72 bits per heavy atom. The second kappa shape index (κ2) is 12.9. The molecule has 9 heteroatoms. The molecule has 6 nitrogen and oxygen atoms in total. The van der Waals surface area contributed by atoms with Crippen LogP contribution in [0.3, 0.4) is 0 Å². The average Bonchev–Trinajstić information content (AvgIpc) is 2.69. The summed E-state index contributed by atoms with van der Waals surface area (Å²) in [5.41, 5.74) is 1.96. The number of phenolic OH excluding ortho intramolecular Hbond substituents is 1. The van der Waals surface area contributed by atoms with Crippen LogP contribution in [0.2, 0.25) is 10.0 Å². The Bertz CT molecular complexity index is 810. The molecule has 2 aromatic carbocycles. The Morgan fingerprint density at radius 1 is 1.07 bits per heavy atom. The van der Waals surface area contributed by atoms with E-state index in [1.54, 1.807) is 25.2 Å². The number of guanidine groups is 1. The fraction of sp³-hybridized carbons (Fsp3) is 0.350. The van der Waals surface area contributed by atoms with Gasteiger partial charge in [0.2, 0.25) is 5.75 Å². The van der Waals surface area contributed by atoms with E-state index in [9.17, 15) is 5.11 Å². The topological polar surface area (TPSA) is 75.1 Å². The van der Waals surface area contributed by atoms with Crippen molar-refractivity contribution in [1.29, 1.82) is 0 Å². The average molecular weight is 554 g/mol. The molecule has 0 fully saturated rings. The van der Waals surface area contributed by atoms with Crippen molar-refractivity contribution in [2.75, 3.05) is 27.8 Å². The fourth-order valence-corrected chi connectivity index (χ4v) is 3.17. The third kappa shape index (κ3) is 7.64. The summed E-state index contributed by atoms with van der Waals surface area (Å²) >= 11 is 12.1. The van der Waals surface area contributed by atoms with Gasteiger partial charge in [-0.05, 0) is 48.2 Å². The van der Waals surface area contributed by atoms with Crippen LogP contribution in [0.25, 0.3) is 0 Å². The van der Waals surface area contributed by atoms with Gasteiger partial charge in [-0.3, -0.25) is 4.99 Å². The van der Waals surface area contributed by atoms with E-state index in [4.69, 9.17) is 32.7 Å². The summed E-state index contributed by atoms with van der Waals surface area (Å²) in [6.45, 7) is 1.23. The molecule has 0 atom stereocenters. The van der Waals surface area contributed by atoms with Crippen LogP contribution in [0, 0.1) is 0 Å². The second-order valence-corrected chi connectivity index (χ2v) is 6.88. The molecule has 0 aromatic heterocycles. The molecular formula is C20H26Cl2IN3O3. The number of methoxy groups -OCH3 is 2. The predicted octanol–water partition coefficient (Wildman–Crippen LogP) is 4.63. The van der Waals surface area contributed by atoms with Gasteiger partial charge in [-0.15, -0.1) is 24.0 Å². The van der Waals surface area contributed by atoms with Gasteiger partial charge < -0.3 is 25.2 Å². The number of phenols is 1. The van der Waals surface area contributed by atoms with Crippen molar-refractivity contribution in [3.8, 4) is 17.2 Å². The van der Waals surface area contributed by atoms with E-state index in [-0.39, 0.29) is 29.7 Å². The molecule has 0 heterocycles. The number of ether oxygens (including phenoxy) is 2. The number of aliphatic imine (C=N–C) groups is 1. The highest BCUT2D eigenvalue weighted by molar-refractivity contribution is 14.0. The van der Waals surface area contributed by atoms with Gasteiger partial charge in [-0.1, -0.05) is 29.3 Å². The van der Waals surface area contributed by atoms with Gasteiger partial charge in [0.05, 0.1) is 14.2 Å². The van der Waals surface area contributed by atoms with Crippen molar-refractivity contribution in [3.05, 3.63) is 51.5 Å². The molecule has 29 heavy (non-hydrogen) atoms. The summed E-state index contributed by atoms with van der Waals surface area (Å²) in [7, 11) is 4.71. The first-order valence-electron chi connectivity index (χ1n) is 8.80. The number of halogens is 3. The van der Waals surface area contributed by atoms with Crippen molar-refractivity contribution in [2.24, 2.45) is 4.99 Å². The molecule has 0 saturated carbocycles. The SMILES string of the molecule is CN=C(NCCCc1ccc(Cl)cc1Cl)NCc1cc(OC)c(O)c(OC)c1.I. The lowest BCUT2D eigenvalue weighted by molar-refractivity contribution is 0.339. The monoisotopic (exact) mass is 553 g/mol. The van der Waals surface area contributed by atoms with Crippen LogP contribution in [0.1, 0.15) is 17.5 Å². The van der Waals surface area contributed by atoms with Gasteiger partial charge in [-0.25, -0.2) is 0 Å². The number of aromatic hydroxyl groups is 1. The molecule has 0 aliphatic rings. The first kappa shape index (κ1) is 25.5. The van der Waals surface area contributed by atoms with Gasteiger partial charge in [0.25, 0.3) is 0 Å². The Morgan fingerprint density at radius 3 is 2.28 bits per heavy atom. The molecule has 0 aliphatic carbocycles. The number of benzene rings is 2. The van der Waals surface area contributed by atoms with Crippen LogP contribution in [0.15, 0.2) is 35.3 Å². The largest absolute Gasteiger partial charge is 0.502 e. The molecule has 0 bridgehead atoms. The van der Waals surface area contributed by atoms with Gasteiger partial charge in [0.15, 0.2) is 17.5 Å². The third-order valence-corrected chi connectivity index (χ3v) is 4.74. The Labute approximate surface area is 198 Å². The maximum atomic E-state index is 9.99. The zero-order valence-corrected chi connectivity index (χ0v) is 20.4. The molecule has 3 N–H and O–H groups in total. The van der Waals surface area contributed by atoms with E-state index in [2.05, 4.69) is 15.6 Å². The van der Waals surface area contributed by atoms with Crippen LogP contribution in [0.5, 0.6) is 17.2 Å². The summed E-state index contributed by atoms with van der Waals surface area (Å²) in [6, 6.07) is 9.05. The van der Waals surface area contributed by atoms with E-state index in [0.29, 0.717) is 34.0 Å². The number of aryl methyl sites for hydroxylation is 1. The highest BCUT2D eigenvalue weighted by Gasteiger charge is 2.11. The van der Waals surface area contributed by atoms with Crippen LogP contribution < -0.4 is 20.1 Å². The van der Waals surface area contributed by atoms with Crippen molar-refractivity contribution < 1.29 is 14.6 Å². The van der Waals surface area contributed by atoms with Crippen LogP contribution in [0.4, 0.5) is 0 Å². The number of hydrogen-bond donors (Lipinski definition) is 3. The Kier molecular flexibility index (Phi) is 11.3. The van der Waals surface area contributed by atoms with Crippen LogP contribution >= 0.6 is 47.2 Å². The third-order valence-electron chi connectivity index (χ3n) is 4.15. The Balaban J connectivity index is 0.00000420.